The van der Waals surface area contributed by atoms with Crippen molar-refractivity contribution in [3.05, 3.63) is 11.6 Å². The third kappa shape index (κ3) is 6.54. The Balaban J connectivity index is 0.00000225. The fourth-order valence-electron chi connectivity index (χ4n) is 2.95. The number of anilines is 1. The highest BCUT2D eigenvalue weighted by Crippen LogP contribution is 2.18. The molecule has 3 rings (SSSR count). The fourth-order valence-corrected chi connectivity index (χ4v) is 3.65. The van der Waals surface area contributed by atoms with Crippen LogP contribution in [-0.4, -0.2) is 74.5 Å². The second-order valence-electron chi connectivity index (χ2n) is 6.06. The minimum Gasteiger partial charge on any atom is -0.381 e. The number of nitrogens with two attached hydrogens (primary N) is 1. The molecule has 2 N–H and O–H groups in total. The van der Waals surface area contributed by atoms with Crippen LogP contribution in [0.3, 0.4) is 0 Å². The third-order valence-electron chi connectivity index (χ3n) is 4.39. The molecule has 1 aromatic heterocycles. The van der Waals surface area contributed by atoms with Crippen molar-refractivity contribution in [1.82, 2.24) is 9.88 Å². The van der Waals surface area contributed by atoms with Crippen LogP contribution in [0.2, 0.25) is 0 Å². The van der Waals surface area contributed by atoms with E-state index < -0.39 is 0 Å². The summed E-state index contributed by atoms with van der Waals surface area (Å²) in [6.45, 7) is 6.79. The lowest BCUT2D eigenvalue weighted by Crippen LogP contribution is -2.51. The molecule has 0 aromatic carbocycles. The van der Waals surface area contributed by atoms with Crippen LogP contribution >= 0.6 is 35.3 Å². The van der Waals surface area contributed by atoms with Gasteiger partial charge in [-0.05, 0) is 19.3 Å². The van der Waals surface area contributed by atoms with Gasteiger partial charge in [0.05, 0.1) is 6.10 Å². The number of hydrogen-bond acceptors (Lipinski definition) is 6. The van der Waals surface area contributed by atoms with Crippen molar-refractivity contribution < 1.29 is 9.47 Å². The second-order valence-corrected chi connectivity index (χ2v) is 6.94. The van der Waals surface area contributed by atoms with E-state index in [1.165, 1.54) is 0 Å². The molecule has 0 unspecified atom stereocenters. The SMILES string of the molecule is I.NC(=NCCCOC1CCOCC1)N1CCN(c2nccs2)CC1. The molecule has 2 aliphatic heterocycles. The Morgan fingerprint density at radius 3 is 2.76 bits per heavy atom. The molecule has 0 amide bonds. The van der Waals surface area contributed by atoms with E-state index in [0.29, 0.717) is 12.1 Å². The Kier molecular flexibility index (Phi) is 9.21. The van der Waals surface area contributed by atoms with Gasteiger partial charge in [-0.3, -0.25) is 4.99 Å². The van der Waals surface area contributed by atoms with E-state index >= 15 is 0 Å². The Bertz CT molecular complexity index is 503. The number of rotatable bonds is 6. The smallest absolute Gasteiger partial charge is 0.191 e. The zero-order chi connectivity index (χ0) is 16.6. The normalized spacial score (nSPS) is 19.8. The van der Waals surface area contributed by atoms with Crippen LogP contribution in [0.5, 0.6) is 0 Å². The maximum absolute atomic E-state index is 6.12. The molecule has 0 radical (unpaired) electrons. The number of ether oxygens (including phenoxy) is 2. The molecule has 3 heterocycles. The van der Waals surface area contributed by atoms with Gasteiger partial charge >= 0.3 is 0 Å². The maximum atomic E-state index is 6.12. The Morgan fingerprint density at radius 1 is 1.32 bits per heavy atom. The number of hydrogen-bond donors (Lipinski definition) is 1. The third-order valence-corrected chi connectivity index (χ3v) is 5.22. The monoisotopic (exact) mass is 481 g/mol. The highest BCUT2D eigenvalue weighted by atomic mass is 127. The van der Waals surface area contributed by atoms with Gasteiger partial charge in [0.15, 0.2) is 11.1 Å². The van der Waals surface area contributed by atoms with Gasteiger partial charge in [0.2, 0.25) is 0 Å². The molecule has 2 fully saturated rings. The van der Waals surface area contributed by atoms with Crippen molar-refractivity contribution >= 4 is 46.4 Å². The number of halogens is 1. The summed E-state index contributed by atoms with van der Waals surface area (Å²) in [5.41, 5.74) is 6.12. The lowest BCUT2D eigenvalue weighted by molar-refractivity contribution is -0.0318. The number of aromatic nitrogens is 1. The Hall–Kier alpha value is -0.650. The van der Waals surface area contributed by atoms with Crippen molar-refractivity contribution in [2.75, 3.05) is 57.4 Å². The van der Waals surface area contributed by atoms with Crippen molar-refractivity contribution in [3.8, 4) is 0 Å². The summed E-state index contributed by atoms with van der Waals surface area (Å²) >= 11 is 1.68. The summed E-state index contributed by atoms with van der Waals surface area (Å²) in [4.78, 5) is 13.3. The molecule has 1 aromatic rings. The number of piperazine rings is 1. The first-order valence-electron chi connectivity index (χ1n) is 8.71. The molecule has 0 atom stereocenters. The molecule has 2 saturated heterocycles. The molecule has 25 heavy (non-hydrogen) atoms. The van der Waals surface area contributed by atoms with Crippen molar-refractivity contribution in [2.45, 2.75) is 25.4 Å². The predicted molar refractivity (Wildman–Crippen MR) is 112 cm³/mol. The predicted octanol–water partition coefficient (Wildman–Crippen LogP) is 1.78. The average Bonchev–Trinajstić information content (AvgIpc) is 3.17. The van der Waals surface area contributed by atoms with Gasteiger partial charge in [-0.1, -0.05) is 0 Å². The zero-order valence-electron chi connectivity index (χ0n) is 14.5. The lowest BCUT2D eigenvalue weighted by atomic mass is 10.1. The summed E-state index contributed by atoms with van der Waals surface area (Å²) in [6.07, 6.45) is 5.14. The van der Waals surface area contributed by atoms with Crippen LogP contribution in [0.25, 0.3) is 0 Å². The summed E-state index contributed by atoms with van der Waals surface area (Å²) in [5, 5.41) is 3.11. The number of nitrogens with zero attached hydrogens (tertiary/aromatic N) is 4. The van der Waals surface area contributed by atoms with Crippen molar-refractivity contribution in [2.24, 2.45) is 10.7 Å². The number of guanidine groups is 1. The average molecular weight is 481 g/mol. The molecule has 0 saturated carbocycles. The highest BCUT2D eigenvalue weighted by Gasteiger charge is 2.19. The van der Waals surface area contributed by atoms with Gasteiger partial charge in [0.1, 0.15) is 0 Å². The topological polar surface area (TPSA) is 76.2 Å². The Labute approximate surface area is 170 Å². The van der Waals surface area contributed by atoms with Crippen LogP contribution in [0, 0.1) is 0 Å². The molecule has 0 spiro atoms. The lowest BCUT2D eigenvalue weighted by Gasteiger charge is -2.35. The zero-order valence-corrected chi connectivity index (χ0v) is 17.7. The minimum atomic E-state index is 0. The van der Waals surface area contributed by atoms with E-state index in [1.54, 1.807) is 11.3 Å². The first-order valence-corrected chi connectivity index (χ1v) is 9.59. The quantitative estimate of drug-likeness (QED) is 0.289. The van der Waals surface area contributed by atoms with Crippen LogP contribution < -0.4 is 10.6 Å². The van der Waals surface area contributed by atoms with E-state index in [1.807, 2.05) is 11.6 Å². The van der Waals surface area contributed by atoms with Crippen molar-refractivity contribution in [3.63, 3.8) is 0 Å². The maximum Gasteiger partial charge on any atom is 0.191 e. The Morgan fingerprint density at radius 2 is 2.08 bits per heavy atom. The standard InChI is InChI=1S/C16H27N5O2S.HI/c17-15(18-4-1-10-23-14-2-11-22-12-3-14)20-6-8-21(9-7-20)16-19-5-13-24-16;/h5,13-14H,1-4,6-12H2,(H2,17,18);1H. The van der Waals surface area contributed by atoms with Crippen LogP contribution in [0.1, 0.15) is 19.3 Å². The summed E-state index contributed by atoms with van der Waals surface area (Å²) in [7, 11) is 0. The summed E-state index contributed by atoms with van der Waals surface area (Å²) < 4.78 is 11.2. The first kappa shape index (κ1) is 20.7. The van der Waals surface area contributed by atoms with Crippen LogP contribution in [0.4, 0.5) is 5.13 Å². The molecule has 0 aliphatic carbocycles. The second kappa shape index (κ2) is 11.1. The molecule has 2 aliphatic rings. The highest BCUT2D eigenvalue weighted by molar-refractivity contribution is 14.0. The largest absolute Gasteiger partial charge is 0.381 e. The molecule has 7 nitrogen and oxygen atoms in total. The summed E-state index contributed by atoms with van der Waals surface area (Å²) in [5.74, 6) is 0.653. The molecule has 142 valence electrons. The van der Waals surface area contributed by atoms with E-state index in [0.717, 1.165) is 76.9 Å². The van der Waals surface area contributed by atoms with Gasteiger partial charge in [-0.15, -0.1) is 35.3 Å². The molecular formula is C16H28IN5O2S. The first-order chi connectivity index (χ1) is 11.8. The molecular weight excluding hydrogens is 453 g/mol. The van der Waals surface area contributed by atoms with Crippen LogP contribution in [-0.2, 0) is 9.47 Å². The van der Waals surface area contributed by atoms with E-state index in [-0.39, 0.29) is 24.0 Å². The van der Waals surface area contributed by atoms with Crippen molar-refractivity contribution in [1.29, 1.82) is 0 Å². The fraction of sp³-hybridized carbons (Fsp3) is 0.750. The van der Waals surface area contributed by atoms with Gasteiger partial charge in [0, 0.05) is 64.1 Å². The van der Waals surface area contributed by atoms with Gasteiger partial charge in [-0.25, -0.2) is 4.98 Å². The summed E-state index contributed by atoms with van der Waals surface area (Å²) in [6, 6.07) is 0. The van der Waals surface area contributed by atoms with Gasteiger partial charge in [-0.2, -0.15) is 0 Å². The van der Waals surface area contributed by atoms with Gasteiger partial charge in [0.25, 0.3) is 0 Å². The number of aliphatic imine (C=N–C) groups is 1. The van der Waals surface area contributed by atoms with Crippen LogP contribution in [0.15, 0.2) is 16.6 Å². The van der Waals surface area contributed by atoms with E-state index in [9.17, 15) is 0 Å². The van der Waals surface area contributed by atoms with E-state index in [2.05, 4.69) is 19.8 Å². The molecule has 0 bridgehead atoms. The minimum absolute atomic E-state index is 0. The number of thiazole rings is 1. The molecule has 9 heteroatoms. The van der Waals surface area contributed by atoms with E-state index in [4.69, 9.17) is 15.2 Å². The van der Waals surface area contributed by atoms with Gasteiger partial charge < -0.3 is 25.0 Å².